The van der Waals surface area contributed by atoms with Crippen molar-refractivity contribution < 1.29 is 23.9 Å². The number of amides is 1. The zero-order chi connectivity index (χ0) is 18.6. The Morgan fingerprint density at radius 1 is 1.12 bits per heavy atom. The molecular formula is C18H26N2O5. The third-order valence-corrected chi connectivity index (χ3v) is 4.87. The van der Waals surface area contributed by atoms with Gasteiger partial charge in [0, 0.05) is 18.8 Å². The minimum atomic E-state index is -0.652. The van der Waals surface area contributed by atoms with Gasteiger partial charge in [-0.2, -0.15) is 0 Å². The molecule has 1 aromatic heterocycles. The number of aromatic amines is 1. The fourth-order valence-electron chi connectivity index (χ4n) is 3.34. The number of ether oxygens (including phenoxy) is 2. The molecule has 0 saturated heterocycles. The predicted octanol–water partition coefficient (Wildman–Crippen LogP) is 2.37. The fourth-order valence-corrected chi connectivity index (χ4v) is 3.34. The van der Waals surface area contributed by atoms with Crippen LogP contribution in [-0.2, 0) is 14.3 Å². The van der Waals surface area contributed by atoms with E-state index < -0.39 is 11.9 Å². The van der Waals surface area contributed by atoms with Crippen LogP contribution in [0.5, 0.6) is 0 Å². The van der Waals surface area contributed by atoms with Gasteiger partial charge in [0.25, 0.3) is 5.91 Å². The van der Waals surface area contributed by atoms with Crippen molar-refractivity contribution in [2.75, 3.05) is 20.8 Å². The van der Waals surface area contributed by atoms with E-state index in [4.69, 9.17) is 9.47 Å². The number of rotatable bonds is 5. The molecule has 2 rings (SSSR count). The van der Waals surface area contributed by atoms with Gasteiger partial charge in [0.1, 0.15) is 5.69 Å². The molecule has 1 aromatic rings. The maximum absolute atomic E-state index is 12.3. The van der Waals surface area contributed by atoms with Gasteiger partial charge in [-0.3, -0.25) is 4.79 Å². The van der Waals surface area contributed by atoms with Crippen LogP contribution >= 0.6 is 0 Å². The van der Waals surface area contributed by atoms with Gasteiger partial charge < -0.3 is 19.4 Å². The number of nitrogens with zero attached hydrogens (tertiary/aromatic N) is 1. The number of H-pyrrole nitrogens is 1. The van der Waals surface area contributed by atoms with Crippen molar-refractivity contribution in [3.05, 3.63) is 22.5 Å². The van der Waals surface area contributed by atoms with Crippen LogP contribution in [-0.4, -0.2) is 54.5 Å². The highest BCUT2D eigenvalue weighted by atomic mass is 16.5. The van der Waals surface area contributed by atoms with E-state index in [0.717, 1.165) is 25.7 Å². The van der Waals surface area contributed by atoms with E-state index in [1.165, 1.54) is 13.5 Å². The summed E-state index contributed by atoms with van der Waals surface area (Å²) in [4.78, 5) is 40.8. The van der Waals surface area contributed by atoms with E-state index >= 15 is 0 Å². The van der Waals surface area contributed by atoms with Crippen molar-refractivity contribution in [2.24, 2.45) is 0 Å². The summed E-state index contributed by atoms with van der Waals surface area (Å²) in [5.41, 5.74) is 1.48. The first-order chi connectivity index (χ1) is 11.9. The molecule has 0 atom stereocenters. The van der Waals surface area contributed by atoms with E-state index in [9.17, 15) is 14.4 Å². The third kappa shape index (κ3) is 4.21. The molecule has 0 aromatic carbocycles. The summed E-state index contributed by atoms with van der Waals surface area (Å²) in [7, 11) is 3.04. The summed E-state index contributed by atoms with van der Waals surface area (Å²) in [5, 5.41) is 0. The number of methoxy groups -OCH3 is 1. The van der Waals surface area contributed by atoms with Crippen LogP contribution in [0.1, 0.15) is 64.2 Å². The molecular weight excluding hydrogens is 324 g/mol. The number of hydrogen-bond acceptors (Lipinski definition) is 5. The van der Waals surface area contributed by atoms with Gasteiger partial charge in [-0.15, -0.1) is 0 Å². The number of carbonyl (C=O) groups is 3. The second-order valence-electron chi connectivity index (χ2n) is 6.49. The van der Waals surface area contributed by atoms with Crippen LogP contribution in [0.15, 0.2) is 0 Å². The minimum Gasteiger partial charge on any atom is -0.465 e. The van der Waals surface area contributed by atoms with Crippen molar-refractivity contribution in [1.29, 1.82) is 0 Å². The van der Waals surface area contributed by atoms with E-state index in [0.29, 0.717) is 16.8 Å². The lowest BCUT2D eigenvalue weighted by Gasteiger charge is -2.31. The van der Waals surface area contributed by atoms with Gasteiger partial charge in [-0.1, -0.05) is 19.3 Å². The molecule has 7 heteroatoms. The zero-order valence-electron chi connectivity index (χ0n) is 15.3. The number of likely N-dealkylation sites (N-methyl/N-ethyl adjacent to an activating group) is 1. The van der Waals surface area contributed by atoms with Crippen LogP contribution in [0.25, 0.3) is 0 Å². The van der Waals surface area contributed by atoms with Crippen molar-refractivity contribution in [1.82, 2.24) is 9.88 Å². The number of aryl methyl sites for hydroxylation is 1. The Morgan fingerprint density at radius 2 is 1.76 bits per heavy atom. The van der Waals surface area contributed by atoms with Gasteiger partial charge in [0.15, 0.2) is 6.61 Å². The van der Waals surface area contributed by atoms with Crippen molar-refractivity contribution in [2.45, 2.75) is 52.0 Å². The number of hydrogen-bond donors (Lipinski definition) is 1. The van der Waals surface area contributed by atoms with Crippen LogP contribution < -0.4 is 0 Å². The predicted molar refractivity (Wildman–Crippen MR) is 91.5 cm³/mol. The van der Waals surface area contributed by atoms with E-state index in [1.54, 1.807) is 25.8 Å². The highest BCUT2D eigenvalue weighted by Gasteiger charge is 2.26. The second kappa shape index (κ2) is 8.18. The third-order valence-electron chi connectivity index (χ3n) is 4.87. The molecule has 0 radical (unpaired) electrons. The SMILES string of the molecule is COC(=O)c1c(C)[nH]c(C(=O)OCC(=O)N(C)C2CCCCC2)c1C. The summed E-state index contributed by atoms with van der Waals surface area (Å²) in [5.74, 6) is -1.38. The lowest BCUT2D eigenvalue weighted by molar-refractivity contribution is -0.135. The molecule has 1 heterocycles. The van der Waals surface area contributed by atoms with E-state index in [2.05, 4.69) is 4.98 Å². The Morgan fingerprint density at radius 3 is 2.36 bits per heavy atom. The fraction of sp³-hybridized carbons (Fsp3) is 0.611. The lowest BCUT2D eigenvalue weighted by atomic mass is 9.94. The van der Waals surface area contributed by atoms with Crippen molar-refractivity contribution in [3.8, 4) is 0 Å². The van der Waals surface area contributed by atoms with Gasteiger partial charge >= 0.3 is 11.9 Å². The molecule has 25 heavy (non-hydrogen) atoms. The topological polar surface area (TPSA) is 88.7 Å². The molecule has 1 N–H and O–H groups in total. The number of nitrogens with one attached hydrogen (secondary N) is 1. The Balaban J connectivity index is 1.98. The second-order valence-corrected chi connectivity index (χ2v) is 6.49. The van der Waals surface area contributed by atoms with Crippen LogP contribution in [0, 0.1) is 13.8 Å². The summed E-state index contributed by atoms with van der Waals surface area (Å²) in [6.07, 6.45) is 5.45. The largest absolute Gasteiger partial charge is 0.465 e. The van der Waals surface area contributed by atoms with E-state index in [1.807, 2.05) is 0 Å². The highest BCUT2D eigenvalue weighted by Crippen LogP contribution is 2.22. The average molecular weight is 350 g/mol. The molecule has 0 aliphatic heterocycles. The van der Waals surface area contributed by atoms with Crippen LogP contribution in [0.3, 0.4) is 0 Å². The first-order valence-corrected chi connectivity index (χ1v) is 8.57. The first-order valence-electron chi connectivity index (χ1n) is 8.57. The Hall–Kier alpha value is -2.31. The number of carbonyl (C=O) groups excluding carboxylic acids is 3. The highest BCUT2D eigenvalue weighted by molar-refractivity contribution is 5.99. The average Bonchev–Trinajstić information content (AvgIpc) is 2.93. The molecule has 1 aliphatic carbocycles. The molecule has 1 aliphatic rings. The van der Waals surface area contributed by atoms with Crippen molar-refractivity contribution >= 4 is 17.8 Å². The molecule has 0 spiro atoms. The molecule has 1 saturated carbocycles. The van der Waals surface area contributed by atoms with Gasteiger partial charge in [0.05, 0.1) is 12.7 Å². The number of esters is 2. The lowest BCUT2D eigenvalue weighted by Crippen LogP contribution is -2.40. The summed E-state index contributed by atoms with van der Waals surface area (Å²) >= 11 is 0. The normalized spacial score (nSPS) is 14.9. The smallest absolute Gasteiger partial charge is 0.355 e. The Bertz CT molecular complexity index is 659. The van der Waals surface area contributed by atoms with E-state index in [-0.39, 0.29) is 24.2 Å². The Labute approximate surface area is 147 Å². The monoisotopic (exact) mass is 350 g/mol. The number of aromatic nitrogens is 1. The van der Waals surface area contributed by atoms with Gasteiger partial charge in [-0.25, -0.2) is 9.59 Å². The minimum absolute atomic E-state index is 0.172. The quantitative estimate of drug-likeness (QED) is 0.824. The molecule has 7 nitrogen and oxygen atoms in total. The van der Waals surface area contributed by atoms with Crippen LogP contribution in [0.4, 0.5) is 0 Å². The molecule has 1 fully saturated rings. The summed E-state index contributed by atoms with van der Waals surface area (Å²) in [6, 6.07) is 0.223. The first kappa shape index (κ1) is 19.0. The zero-order valence-corrected chi connectivity index (χ0v) is 15.3. The maximum Gasteiger partial charge on any atom is 0.355 e. The standard InChI is InChI=1S/C18H26N2O5/c1-11-15(17(22)24-4)12(2)19-16(11)18(23)25-10-14(21)20(3)13-8-6-5-7-9-13/h13,19H,5-10H2,1-4H3. The van der Waals surface area contributed by atoms with Gasteiger partial charge in [0.2, 0.25) is 0 Å². The van der Waals surface area contributed by atoms with Crippen molar-refractivity contribution in [3.63, 3.8) is 0 Å². The molecule has 0 unspecified atom stereocenters. The summed E-state index contributed by atoms with van der Waals surface area (Å²) < 4.78 is 9.87. The maximum atomic E-state index is 12.3. The van der Waals surface area contributed by atoms with Gasteiger partial charge in [-0.05, 0) is 32.3 Å². The molecule has 138 valence electrons. The summed E-state index contributed by atoms with van der Waals surface area (Å²) in [6.45, 7) is 3.01. The molecule has 0 bridgehead atoms. The Kier molecular flexibility index (Phi) is 6.22. The van der Waals surface area contributed by atoms with Crippen LogP contribution in [0.2, 0.25) is 0 Å². The molecule has 1 amide bonds.